The summed E-state index contributed by atoms with van der Waals surface area (Å²) in [7, 11) is 0. The van der Waals surface area contributed by atoms with Crippen molar-refractivity contribution in [3.63, 3.8) is 0 Å². The highest BCUT2D eigenvalue weighted by Gasteiger charge is 2.20. The summed E-state index contributed by atoms with van der Waals surface area (Å²) in [6.07, 6.45) is 9.22. The van der Waals surface area contributed by atoms with Crippen molar-refractivity contribution in [1.82, 2.24) is 20.1 Å². The first-order chi connectivity index (χ1) is 16.5. The van der Waals surface area contributed by atoms with E-state index in [-0.39, 0.29) is 5.91 Å². The van der Waals surface area contributed by atoms with Crippen molar-refractivity contribution >= 4 is 16.9 Å². The van der Waals surface area contributed by atoms with E-state index in [0.717, 1.165) is 40.0 Å². The number of nitrogens with one attached hydrogen (secondary N) is 1. The first kappa shape index (κ1) is 24.0. The normalized spacial score (nSPS) is 13.7. The molecule has 3 aromatic rings. The lowest BCUT2D eigenvalue weighted by Crippen LogP contribution is -2.25. The fraction of sp³-hybridized carbons (Fsp3) is 0.464. The van der Waals surface area contributed by atoms with Crippen molar-refractivity contribution in [3.05, 3.63) is 58.3 Å². The Morgan fingerprint density at radius 1 is 1.18 bits per heavy atom. The molecule has 1 aliphatic carbocycles. The highest BCUT2D eigenvalue weighted by molar-refractivity contribution is 5.86. The van der Waals surface area contributed by atoms with Crippen molar-refractivity contribution in [2.45, 2.75) is 72.6 Å². The van der Waals surface area contributed by atoms with Crippen molar-refractivity contribution in [1.29, 1.82) is 0 Å². The van der Waals surface area contributed by atoms with Gasteiger partial charge >= 0.3 is 0 Å². The largest absolute Gasteiger partial charge is 0.478 e. The molecule has 0 atom stereocenters. The number of aryl methyl sites for hydroxylation is 3. The lowest BCUT2D eigenvalue weighted by molar-refractivity contribution is -0.121. The molecule has 1 aliphatic rings. The molecule has 1 aromatic carbocycles. The molecule has 4 rings (SSSR count). The third-order valence-corrected chi connectivity index (χ3v) is 6.61. The lowest BCUT2D eigenvalue weighted by Gasteiger charge is -2.15. The molecule has 6 nitrogen and oxygen atoms in total. The standard InChI is InChI=1S/C28H36N4O2/c1-5-34-28-24(14-15-25(33)29-17-16-22-11-7-6-8-12-22)20(3)26-21(4)31-32(27(26)30-28)23-13-9-10-19(2)18-23/h9-11,13,18H,5-8,12,14-17H2,1-4H3,(H,29,33). The summed E-state index contributed by atoms with van der Waals surface area (Å²) in [6.45, 7) is 9.36. The Kier molecular flexibility index (Phi) is 7.66. The maximum absolute atomic E-state index is 12.6. The molecule has 34 heavy (non-hydrogen) atoms. The van der Waals surface area contributed by atoms with Crippen molar-refractivity contribution < 1.29 is 9.53 Å². The molecule has 0 fully saturated rings. The Morgan fingerprint density at radius 2 is 2.03 bits per heavy atom. The Bertz CT molecular complexity index is 1210. The van der Waals surface area contributed by atoms with E-state index in [1.807, 2.05) is 30.7 Å². The van der Waals surface area contributed by atoms with Crippen LogP contribution in [0.25, 0.3) is 16.7 Å². The molecule has 2 aromatic heterocycles. The van der Waals surface area contributed by atoms with Crippen LogP contribution in [0.2, 0.25) is 0 Å². The van der Waals surface area contributed by atoms with Gasteiger partial charge in [-0.1, -0.05) is 23.8 Å². The summed E-state index contributed by atoms with van der Waals surface area (Å²) in [5.41, 5.74) is 7.43. The average molecular weight is 461 g/mol. The smallest absolute Gasteiger partial charge is 0.220 e. The molecule has 0 unspecified atom stereocenters. The van der Waals surface area contributed by atoms with E-state index in [1.54, 1.807) is 0 Å². The monoisotopic (exact) mass is 460 g/mol. The van der Waals surface area contributed by atoms with Crippen LogP contribution in [0, 0.1) is 20.8 Å². The number of aromatic nitrogens is 3. The molecule has 0 aliphatic heterocycles. The number of fused-ring (bicyclic) bond motifs is 1. The molecule has 0 saturated carbocycles. The van der Waals surface area contributed by atoms with Crippen LogP contribution >= 0.6 is 0 Å². The van der Waals surface area contributed by atoms with Gasteiger partial charge < -0.3 is 10.1 Å². The Labute approximate surface area is 202 Å². The van der Waals surface area contributed by atoms with E-state index in [1.165, 1.54) is 36.8 Å². The van der Waals surface area contributed by atoms with Crippen LogP contribution in [0.15, 0.2) is 35.9 Å². The second-order valence-corrected chi connectivity index (χ2v) is 9.20. The van der Waals surface area contributed by atoms with E-state index < -0.39 is 0 Å². The minimum absolute atomic E-state index is 0.0746. The van der Waals surface area contributed by atoms with Gasteiger partial charge in [0.25, 0.3) is 0 Å². The third-order valence-electron chi connectivity index (χ3n) is 6.61. The number of allylic oxidation sites excluding steroid dienone is 1. The van der Waals surface area contributed by atoms with Crippen LogP contribution in [0.5, 0.6) is 5.88 Å². The minimum atomic E-state index is 0.0746. The van der Waals surface area contributed by atoms with Gasteiger partial charge in [-0.05, 0) is 89.5 Å². The Hall–Kier alpha value is -3.15. The van der Waals surface area contributed by atoms with E-state index in [0.29, 0.717) is 31.9 Å². The summed E-state index contributed by atoms with van der Waals surface area (Å²) in [6, 6.07) is 8.24. The molecule has 2 heterocycles. The van der Waals surface area contributed by atoms with Gasteiger partial charge in [-0.3, -0.25) is 4.79 Å². The van der Waals surface area contributed by atoms with Gasteiger partial charge in [0.15, 0.2) is 5.65 Å². The third kappa shape index (κ3) is 5.32. The average Bonchev–Trinajstić information content (AvgIpc) is 3.16. The van der Waals surface area contributed by atoms with Crippen LogP contribution in [-0.4, -0.2) is 33.8 Å². The molecule has 0 saturated heterocycles. The maximum Gasteiger partial charge on any atom is 0.220 e. The molecule has 1 N–H and O–H groups in total. The van der Waals surface area contributed by atoms with Gasteiger partial charge in [0.2, 0.25) is 11.8 Å². The number of carbonyl (C=O) groups excluding carboxylic acids is 1. The zero-order valence-electron chi connectivity index (χ0n) is 20.9. The number of pyridine rings is 1. The number of ether oxygens (including phenoxy) is 1. The fourth-order valence-electron chi connectivity index (χ4n) is 4.84. The summed E-state index contributed by atoms with van der Waals surface area (Å²) < 4.78 is 7.84. The van der Waals surface area contributed by atoms with Crippen molar-refractivity contribution in [2.24, 2.45) is 0 Å². The van der Waals surface area contributed by atoms with Crippen LogP contribution < -0.4 is 10.1 Å². The van der Waals surface area contributed by atoms with Crippen LogP contribution in [-0.2, 0) is 11.2 Å². The van der Waals surface area contributed by atoms with Crippen LogP contribution in [0.3, 0.4) is 0 Å². The van der Waals surface area contributed by atoms with Gasteiger partial charge in [-0.25, -0.2) is 4.68 Å². The zero-order chi connectivity index (χ0) is 24.1. The van der Waals surface area contributed by atoms with E-state index in [2.05, 4.69) is 37.4 Å². The lowest BCUT2D eigenvalue weighted by atomic mass is 9.97. The number of hydrogen-bond donors (Lipinski definition) is 1. The first-order valence-corrected chi connectivity index (χ1v) is 12.5. The van der Waals surface area contributed by atoms with Crippen LogP contribution in [0.1, 0.15) is 67.8 Å². The number of nitrogens with zero attached hydrogens (tertiary/aromatic N) is 3. The number of hydrogen-bond acceptors (Lipinski definition) is 4. The number of amides is 1. The maximum atomic E-state index is 12.6. The molecule has 0 spiro atoms. The molecular formula is C28H36N4O2. The van der Waals surface area contributed by atoms with Gasteiger partial charge in [0.05, 0.1) is 18.0 Å². The topological polar surface area (TPSA) is 69.0 Å². The predicted octanol–water partition coefficient (Wildman–Crippen LogP) is 5.68. The predicted molar refractivity (Wildman–Crippen MR) is 137 cm³/mol. The van der Waals surface area contributed by atoms with Crippen molar-refractivity contribution in [2.75, 3.05) is 13.2 Å². The second-order valence-electron chi connectivity index (χ2n) is 9.20. The highest BCUT2D eigenvalue weighted by Crippen LogP contribution is 2.32. The summed E-state index contributed by atoms with van der Waals surface area (Å²) in [5.74, 6) is 0.673. The van der Waals surface area contributed by atoms with Crippen molar-refractivity contribution in [3.8, 4) is 11.6 Å². The molecule has 6 heteroatoms. The van der Waals surface area contributed by atoms with E-state index in [9.17, 15) is 4.79 Å². The SMILES string of the molecule is CCOc1nc2c(c(C)nn2-c2cccc(C)c2)c(C)c1CCC(=O)NCCC1=CCCCC1. The molecule has 0 radical (unpaired) electrons. The number of benzene rings is 1. The van der Waals surface area contributed by atoms with E-state index in [4.69, 9.17) is 14.8 Å². The molecular weight excluding hydrogens is 424 g/mol. The Morgan fingerprint density at radius 3 is 2.76 bits per heavy atom. The highest BCUT2D eigenvalue weighted by atomic mass is 16.5. The molecule has 0 bridgehead atoms. The van der Waals surface area contributed by atoms with Gasteiger partial charge in [0, 0.05) is 23.9 Å². The van der Waals surface area contributed by atoms with Gasteiger partial charge in [0.1, 0.15) is 0 Å². The Balaban J connectivity index is 1.54. The zero-order valence-corrected chi connectivity index (χ0v) is 20.9. The molecule has 1 amide bonds. The number of carbonyl (C=O) groups is 1. The quantitative estimate of drug-likeness (QED) is 0.417. The van der Waals surface area contributed by atoms with Gasteiger partial charge in [-0.15, -0.1) is 0 Å². The number of rotatable bonds is 9. The van der Waals surface area contributed by atoms with E-state index >= 15 is 0 Å². The minimum Gasteiger partial charge on any atom is -0.478 e. The van der Waals surface area contributed by atoms with Crippen LogP contribution in [0.4, 0.5) is 0 Å². The summed E-state index contributed by atoms with van der Waals surface area (Å²) in [5, 5.41) is 8.92. The summed E-state index contributed by atoms with van der Waals surface area (Å²) in [4.78, 5) is 17.5. The molecule has 180 valence electrons. The second kappa shape index (κ2) is 10.9. The first-order valence-electron chi connectivity index (χ1n) is 12.5. The summed E-state index contributed by atoms with van der Waals surface area (Å²) >= 11 is 0. The fourth-order valence-corrected chi connectivity index (χ4v) is 4.84. The van der Waals surface area contributed by atoms with Gasteiger partial charge in [-0.2, -0.15) is 10.1 Å².